The molecule has 0 amide bonds. The summed E-state index contributed by atoms with van der Waals surface area (Å²) < 4.78 is 49.9. The van der Waals surface area contributed by atoms with E-state index in [1.54, 1.807) is 24.3 Å². The Hall–Kier alpha value is -2.50. The number of hydrogen-bond acceptors (Lipinski definition) is 1. The van der Waals surface area contributed by atoms with Crippen LogP contribution in [0, 0.1) is 5.82 Å². The molecule has 0 saturated heterocycles. The lowest BCUT2D eigenvalue weighted by Gasteiger charge is -2.20. The Kier molecular flexibility index (Phi) is 6.82. The number of para-hydroxylation sites is 1. The van der Waals surface area contributed by atoms with E-state index >= 15 is 4.39 Å². The highest BCUT2D eigenvalue weighted by atomic mass is 35.5. The van der Waals surface area contributed by atoms with Crippen molar-refractivity contribution in [1.29, 1.82) is 0 Å². The lowest BCUT2D eigenvalue weighted by Crippen LogP contribution is -2.18. The van der Waals surface area contributed by atoms with E-state index in [1.165, 1.54) is 42.5 Å². The van der Waals surface area contributed by atoms with Crippen molar-refractivity contribution in [1.82, 2.24) is 0 Å². The van der Waals surface area contributed by atoms with Gasteiger partial charge in [0.1, 0.15) is 11.6 Å². The zero-order valence-electron chi connectivity index (χ0n) is 15.9. The van der Waals surface area contributed by atoms with Gasteiger partial charge in [-0.2, -0.15) is 0 Å². The van der Waals surface area contributed by atoms with Crippen LogP contribution in [0.1, 0.15) is 16.7 Å². The maximum Gasteiger partial charge on any atom is 0.165 e. The van der Waals surface area contributed by atoms with Gasteiger partial charge in [0, 0.05) is 16.1 Å². The second kappa shape index (κ2) is 9.33. The van der Waals surface area contributed by atoms with E-state index in [9.17, 15) is 8.78 Å². The maximum atomic E-state index is 15.2. The number of hydrogen-bond donors (Lipinski definition) is 0. The molecule has 6 heteroatoms. The molecule has 1 atom stereocenters. The summed E-state index contributed by atoms with van der Waals surface area (Å²) in [6.45, 7) is 3.76. The van der Waals surface area contributed by atoms with Gasteiger partial charge in [0.2, 0.25) is 0 Å². The lowest BCUT2D eigenvalue weighted by atomic mass is 10.1. The molecule has 0 aliphatic rings. The molecule has 3 rings (SSSR count). The van der Waals surface area contributed by atoms with Gasteiger partial charge >= 0.3 is 0 Å². The molecule has 0 saturated carbocycles. The van der Waals surface area contributed by atoms with Gasteiger partial charge in [-0.15, -0.1) is 0 Å². The molecule has 1 nitrogen and oxygen atoms in total. The molecule has 149 valence electrons. The number of rotatable bonds is 6. The molecule has 0 bridgehead atoms. The second-order valence-corrected chi connectivity index (χ2v) is 9.95. The van der Waals surface area contributed by atoms with Crippen LogP contribution in [0.5, 0.6) is 11.5 Å². The van der Waals surface area contributed by atoms with Crippen molar-refractivity contribution < 1.29 is 17.9 Å². The van der Waals surface area contributed by atoms with Gasteiger partial charge in [-0.05, 0) is 42.0 Å². The van der Waals surface area contributed by atoms with E-state index in [1.807, 2.05) is 19.2 Å². The number of ether oxygens (including phenoxy) is 1. The van der Waals surface area contributed by atoms with Crippen LogP contribution in [0.3, 0.4) is 0 Å². The maximum absolute atomic E-state index is 15.2. The second-order valence-electron chi connectivity index (χ2n) is 6.78. The van der Waals surface area contributed by atoms with Gasteiger partial charge in [-0.1, -0.05) is 61.1 Å². The molecule has 1 unspecified atom stereocenters. The summed E-state index contributed by atoms with van der Waals surface area (Å²) in [7, 11) is -1.36. The zero-order chi connectivity index (χ0) is 21.0. The fraction of sp³-hybridized carbons (Fsp3) is 0.130. The van der Waals surface area contributed by atoms with Crippen molar-refractivity contribution in [3.8, 4) is 11.5 Å². The number of halogens is 4. The van der Waals surface area contributed by atoms with Crippen LogP contribution in [0.15, 0.2) is 78.6 Å². The van der Waals surface area contributed by atoms with Crippen LogP contribution in [-0.2, 0) is 0 Å². The highest BCUT2D eigenvalue weighted by Crippen LogP contribution is 2.37. The van der Waals surface area contributed by atoms with Crippen LogP contribution in [-0.4, -0.2) is 8.80 Å². The summed E-state index contributed by atoms with van der Waals surface area (Å²) in [5.74, 6) is -1.94. The van der Waals surface area contributed by atoms with E-state index in [2.05, 4.69) is 0 Å². The van der Waals surface area contributed by atoms with E-state index in [4.69, 9.17) is 16.3 Å². The zero-order valence-corrected chi connectivity index (χ0v) is 17.7. The topological polar surface area (TPSA) is 9.23 Å². The molecule has 0 spiro atoms. The Bertz CT molecular complexity index is 1000. The molecule has 0 fully saturated rings. The van der Waals surface area contributed by atoms with Gasteiger partial charge in [0.05, 0.1) is 8.80 Å². The lowest BCUT2D eigenvalue weighted by molar-refractivity contribution is 0.441. The van der Waals surface area contributed by atoms with Crippen LogP contribution < -0.4 is 4.74 Å². The standard InChI is InChI=1S/C23H19ClF3OSi/c1-29(2)23(22(27)21(26)15-8-11-17(24)12-9-15)16-10-13-19(25)20(14-16)28-18-6-4-3-5-7-18/h3-14,23H,1-2H3. The fourth-order valence-electron chi connectivity index (χ4n) is 2.99. The normalized spacial score (nSPS) is 13.2. The summed E-state index contributed by atoms with van der Waals surface area (Å²) in [5, 5.41) is 0.440. The first-order chi connectivity index (χ1) is 13.9. The Morgan fingerprint density at radius 2 is 1.59 bits per heavy atom. The molecule has 0 aromatic heterocycles. The van der Waals surface area contributed by atoms with Crippen molar-refractivity contribution >= 4 is 26.2 Å². The first kappa shape index (κ1) is 21.2. The quantitative estimate of drug-likeness (QED) is 0.360. The van der Waals surface area contributed by atoms with E-state index < -0.39 is 31.8 Å². The van der Waals surface area contributed by atoms with Crippen LogP contribution >= 0.6 is 11.6 Å². The molecule has 0 heterocycles. The van der Waals surface area contributed by atoms with Crippen molar-refractivity contribution in [2.45, 2.75) is 18.6 Å². The molecule has 29 heavy (non-hydrogen) atoms. The molecule has 0 aliphatic carbocycles. The van der Waals surface area contributed by atoms with Crippen molar-refractivity contribution in [2.24, 2.45) is 0 Å². The van der Waals surface area contributed by atoms with Crippen LogP contribution in [0.4, 0.5) is 13.2 Å². The fourth-order valence-corrected chi connectivity index (χ4v) is 4.59. The summed E-state index contributed by atoms with van der Waals surface area (Å²) in [4.78, 5) is 0. The first-order valence-corrected chi connectivity index (χ1v) is 12.0. The van der Waals surface area contributed by atoms with E-state index in [0.29, 0.717) is 16.3 Å². The Labute approximate surface area is 175 Å². The highest BCUT2D eigenvalue weighted by Gasteiger charge is 2.27. The van der Waals surface area contributed by atoms with Crippen molar-refractivity contribution in [2.75, 3.05) is 0 Å². The van der Waals surface area contributed by atoms with Crippen molar-refractivity contribution in [3.05, 3.63) is 101 Å². The van der Waals surface area contributed by atoms with E-state index in [-0.39, 0.29) is 11.3 Å². The summed E-state index contributed by atoms with van der Waals surface area (Å²) in [5.41, 5.74) is -0.213. The third kappa shape index (κ3) is 5.11. The predicted octanol–water partition coefficient (Wildman–Crippen LogP) is 7.96. The van der Waals surface area contributed by atoms with Gasteiger partial charge in [0.15, 0.2) is 17.4 Å². The minimum Gasteiger partial charge on any atom is -0.454 e. The monoisotopic (exact) mass is 431 g/mol. The Balaban J connectivity index is 1.99. The average molecular weight is 432 g/mol. The summed E-state index contributed by atoms with van der Waals surface area (Å²) >= 11 is 5.83. The molecular weight excluding hydrogens is 413 g/mol. The minimum atomic E-state index is -1.36. The van der Waals surface area contributed by atoms with Gasteiger partial charge in [-0.3, -0.25) is 0 Å². The predicted molar refractivity (Wildman–Crippen MR) is 114 cm³/mol. The van der Waals surface area contributed by atoms with Gasteiger partial charge in [0.25, 0.3) is 0 Å². The smallest absolute Gasteiger partial charge is 0.165 e. The van der Waals surface area contributed by atoms with Gasteiger partial charge in [-0.25, -0.2) is 13.2 Å². The third-order valence-electron chi connectivity index (χ3n) is 4.40. The Morgan fingerprint density at radius 1 is 0.931 bits per heavy atom. The Morgan fingerprint density at radius 3 is 2.21 bits per heavy atom. The molecule has 3 aromatic rings. The summed E-state index contributed by atoms with van der Waals surface area (Å²) in [6.07, 6.45) is 0. The SMILES string of the molecule is C[Si](C)C(C(F)=C(F)c1ccc(Cl)cc1)c1ccc(F)c(Oc2ccccc2)c1. The van der Waals surface area contributed by atoms with Crippen molar-refractivity contribution in [3.63, 3.8) is 0 Å². The molecular formula is C23H19ClF3OSi. The largest absolute Gasteiger partial charge is 0.454 e. The minimum absolute atomic E-state index is 0.0262. The van der Waals surface area contributed by atoms with E-state index in [0.717, 1.165) is 0 Å². The van der Waals surface area contributed by atoms with Crippen LogP contribution in [0.25, 0.3) is 5.83 Å². The third-order valence-corrected chi connectivity index (χ3v) is 6.39. The molecule has 0 N–H and O–H groups in total. The van der Waals surface area contributed by atoms with Gasteiger partial charge < -0.3 is 4.74 Å². The average Bonchev–Trinajstić information content (AvgIpc) is 2.71. The number of allylic oxidation sites excluding steroid dienone is 1. The first-order valence-electron chi connectivity index (χ1n) is 9.00. The highest BCUT2D eigenvalue weighted by molar-refractivity contribution is 6.58. The van der Waals surface area contributed by atoms with Crippen LogP contribution in [0.2, 0.25) is 18.1 Å². The molecule has 3 aromatic carbocycles. The molecule has 0 aliphatic heterocycles. The molecule has 1 radical (unpaired) electrons. The summed E-state index contributed by atoms with van der Waals surface area (Å²) in [6, 6.07) is 18.8. The number of benzene rings is 3.